The number of hydrogen-bond acceptors (Lipinski definition) is 2. The lowest BCUT2D eigenvalue weighted by atomic mass is 10.1. The van der Waals surface area contributed by atoms with E-state index >= 15 is 0 Å². The molecule has 0 fully saturated rings. The Balaban J connectivity index is 2.31. The summed E-state index contributed by atoms with van der Waals surface area (Å²) < 4.78 is 2.05. The van der Waals surface area contributed by atoms with Gasteiger partial charge in [0.25, 0.3) is 0 Å². The standard InChI is InChI=1S/C14H12ClN3/c1-9-5-6-16-8-11(9)14-17-12-4-3-10(15)7-13(12)18(14)2/h3-8H,1-2H3. The molecule has 18 heavy (non-hydrogen) atoms. The number of nitrogens with zero attached hydrogens (tertiary/aromatic N) is 3. The van der Waals surface area contributed by atoms with Crippen LogP contribution in [0.1, 0.15) is 5.56 Å². The number of aryl methyl sites for hydroxylation is 2. The molecule has 3 aromatic rings. The van der Waals surface area contributed by atoms with Gasteiger partial charge >= 0.3 is 0 Å². The molecule has 0 unspecified atom stereocenters. The second-order valence-electron chi connectivity index (χ2n) is 4.32. The van der Waals surface area contributed by atoms with Crippen LogP contribution in [-0.2, 0) is 7.05 Å². The lowest BCUT2D eigenvalue weighted by Gasteiger charge is -2.04. The number of hydrogen-bond donors (Lipinski definition) is 0. The zero-order valence-corrected chi connectivity index (χ0v) is 10.9. The van der Waals surface area contributed by atoms with E-state index in [1.807, 2.05) is 42.1 Å². The third-order valence-corrected chi connectivity index (χ3v) is 3.36. The van der Waals surface area contributed by atoms with Gasteiger partial charge in [-0.25, -0.2) is 4.98 Å². The minimum Gasteiger partial charge on any atom is -0.327 e. The van der Waals surface area contributed by atoms with Gasteiger partial charge in [0, 0.05) is 30.0 Å². The van der Waals surface area contributed by atoms with Crippen molar-refractivity contribution in [3.63, 3.8) is 0 Å². The minimum absolute atomic E-state index is 0.722. The summed E-state index contributed by atoms with van der Waals surface area (Å²) in [6, 6.07) is 7.71. The molecule has 0 aliphatic heterocycles. The van der Waals surface area contributed by atoms with Crippen LogP contribution in [0.3, 0.4) is 0 Å². The van der Waals surface area contributed by atoms with E-state index in [9.17, 15) is 0 Å². The van der Waals surface area contributed by atoms with E-state index in [1.54, 1.807) is 6.20 Å². The van der Waals surface area contributed by atoms with Crippen LogP contribution in [0.5, 0.6) is 0 Å². The van der Waals surface area contributed by atoms with Gasteiger partial charge < -0.3 is 4.57 Å². The first kappa shape index (κ1) is 11.2. The van der Waals surface area contributed by atoms with Gasteiger partial charge in [0.1, 0.15) is 5.82 Å². The molecule has 0 atom stereocenters. The van der Waals surface area contributed by atoms with Crippen LogP contribution in [0.4, 0.5) is 0 Å². The smallest absolute Gasteiger partial charge is 0.142 e. The molecule has 0 radical (unpaired) electrons. The Morgan fingerprint density at radius 1 is 1.22 bits per heavy atom. The number of benzene rings is 1. The van der Waals surface area contributed by atoms with Gasteiger partial charge in [-0.05, 0) is 36.8 Å². The van der Waals surface area contributed by atoms with Crippen molar-refractivity contribution in [1.82, 2.24) is 14.5 Å². The maximum absolute atomic E-state index is 6.02. The van der Waals surface area contributed by atoms with Crippen molar-refractivity contribution >= 4 is 22.6 Å². The lowest BCUT2D eigenvalue weighted by Crippen LogP contribution is -1.94. The first-order valence-electron chi connectivity index (χ1n) is 5.70. The number of rotatable bonds is 1. The highest BCUT2D eigenvalue weighted by Crippen LogP contribution is 2.26. The number of fused-ring (bicyclic) bond motifs is 1. The molecule has 0 spiro atoms. The van der Waals surface area contributed by atoms with Gasteiger partial charge in [0.2, 0.25) is 0 Å². The largest absolute Gasteiger partial charge is 0.327 e. The van der Waals surface area contributed by atoms with Crippen LogP contribution in [0.25, 0.3) is 22.4 Å². The topological polar surface area (TPSA) is 30.7 Å². The van der Waals surface area contributed by atoms with Crippen molar-refractivity contribution in [2.24, 2.45) is 7.05 Å². The second kappa shape index (κ2) is 4.10. The molecule has 4 heteroatoms. The molecule has 3 nitrogen and oxygen atoms in total. The van der Waals surface area contributed by atoms with Crippen LogP contribution >= 0.6 is 11.6 Å². The summed E-state index contributed by atoms with van der Waals surface area (Å²) in [4.78, 5) is 8.82. The van der Waals surface area contributed by atoms with Gasteiger partial charge in [-0.1, -0.05) is 11.6 Å². The van der Waals surface area contributed by atoms with Crippen molar-refractivity contribution in [3.05, 3.63) is 47.2 Å². The summed E-state index contributed by atoms with van der Waals surface area (Å²) in [5.41, 5.74) is 4.18. The predicted octanol–water partition coefficient (Wildman–Crippen LogP) is 3.60. The molecule has 0 amide bonds. The molecule has 0 bridgehead atoms. The Morgan fingerprint density at radius 2 is 2.06 bits per heavy atom. The van der Waals surface area contributed by atoms with Crippen molar-refractivity contribution in [3.8, 4) is 11.4 Å². The Kier molecular flexibility index (Phi) is 2.56. The fourth-order valence-corrected chi connectivity index (χ4v) is 2.27. The Labute approximate surface area is 110 Å². The normalized spacial score (nSPS) is 11.1. The first-order chi connectivity index (χ1) is 8.66. The average Bonchev–Trinajstić information content (AvgIpc) is 2.68. The summed E-state index contributed by atoms with van der Waals surface area (Å²) in [5.74, 6) is 0.915. The molecule has 0 aliphatic carbocycles. The van der Waals surface area contributed by atoms with E-state index in [4.69, 9.17) is 11.6 Å². The van der Waals surface area contributed by atoms with Crippen LogP contribution in [0.2, 0.25) is 5.02 Å². The summed E-state index contributed by atoms with van der Waals surface area (Å²) in [6.07, 6.45) is 3.64. The maximum atomic E-state index is 6.02. The van der Waals surface area contributed by atoms with Gasteiger partial charge in [0.05, 0.1) is 11.0 Å². The molecule has 1 aromatic carbocycles. The van der Waals surface area contributed by atoms with Crippen molar-refractivity contribution in [2.75, 3.05) is 0 Å². The van der Waals surface area contributed by atoms with E-state index < -0.39 is 0 Å². The van der Waals surface area contributed by atoms with Gasteiger partial charge in [-0.15, -0.1) is 0 Å². The van der Waals surface area contributed by atoms with Gasteiger partial charge in [-0.3, -0.25) is 4.98 Å². The minimum atomic E-state index is 0.722. The number of imidazole rings is 1. The highest BCUT2D eigenvalue weighted by atomic mass is 35.5. The Hall–Kier alpha value is -1.87. The van der Waals surface area contributed by atoms with E-state index in [-0.39, 0.29) is 0 Å². The summed E-state index contributed by atoms with van der Waals surface area (Å²) >= 11 is 6.02. The monoisotopic (exact) mass is 257 g/mol. The fourth-order valence-electron chi connectivity index (χ4n) is 2.10. The zero-order valence-electron chi connectivity index (χ0n) is 10.2. The average molecular weight is 258 g/mol. The van der Waals surface area contributed by atoms with Crippen molar-refractivity contribution in [2.45, 2.75) is 6.92 Å². The molecular weight excluding hydrogens is 246 g/mol. The Morgan fingerprint density at radius 3 is 2.83 bits per heavy atom. The highest BCUT2D eigenvalue weighted by Gasteiger charge is 2.11. The lowest BCUT2D eigenvalue weighted by molar-refractivity contribution is 0.955. The highest BCUT2D eigenvalue weighted by molar-refractivity contribution is 6.31. The fraction of sp³-hybridized carbons (Fsp3) is 0.143. The third-order valence-electron chi connectivity index (χ3n) is 3.12. The SMILES string of the molecule is Cc1ccncc1-c1nc2ccc(Cl)cc2n1C. The number of pyridine rings is 1. The molecule has 0 saturated heterocycles. The van der Waals surface area contributed by atoms with E-state index in [2.05, 4.69) is 16.9 Å². The zero-order chi connectivity index (χ0) is 12.7. The van der Waals surface area contributed by atoms with Gasteiger partial charge in [0.15, 0.2) is 0 Å². The van der Waals surface area contributed by atoms with Crippen LogP contribution in [0.15, 0.2) is 36.7 Å². The van der Waals surface area contributed by atoms with Gasteiger partial charge in [-0.2, -0.15) is 0 Å². The van der Waals surface area contributed by atoms with E-state index in [0.29, 0.717) is 0 Å². The molecule has 0 aliphatic rings. The number of halogens is 1. The molecule has 90 valence electrons. The Bertz CT molecular complexity index is 731. The predicted molar refractivity (Wildman–Crippen MR) is 73.7 cm³/mol. The summed E-state index contributed by atoms with van der Waals surface area (Å²) in [6.45, 7) is 2.06. The van der Waals surface area contributed by atoms with Crippen LogP contribution < -0.4 is 0 Å². The molecule has 2 heterocycles. The molecule has 2 aromatic heterocycles. The quantitative estimate of drug-likeness (QED) is 0.667. The van der Waals surface area contributed by atoms with E-state index in [0.717, 1.165) is 33.0 Å². The van der Waals surface area contributed by atoms with Crippen LogP contribution in [0, 0.1) is 6.92 Å². The van der Waals surface area contributed by atoms with Crippen LogP contribution in [-0.4, -0.2) is 14.5 Å². The number of aromatic nitrogens is 3. The molecule has 3 rings (SSSR count). The molecule has 0 N–H and O–H groups in total. The summed E-state index contributed by atoms with van der Waals surface area (Å²) in [7, 11) is 1.99. The maximum Gasteiger partial charge on any atom is 0.142 e. The van der Waals surface area contributed by atoms with Crippen molar-refractivity contribution < 1.29 is 0 Å². The van der Waals surface area contributed by atoms with E-state index in [1.165, 1.54) is 0 Å². The summed E-state index contributed by atoms with van der Waals surface area (Å²) in [5, 5.41) is 0.722. The van der Waals surface area contributed by atoms with Crippen molar-refractivity contribution in [1.29, 1.82) is 0 Å². The first-order valence-corrected chi connectivity index (χ1v) is 6.07. The molecule has 0 saturated carbocycles. The third kappa shape index (κ3) is 1.68. The second-order valence-corrected chi connectivity index (χ2v) is 4.75. The molecular formula is C14H12ClN3.